The molecule has 2 aromatic heterocycles. The molecule has 0 aliphatic rings. The van der Waals surface area contributed by atoms with Gasteiger partial charge in [0.25, 0.3) is 5.91 Å². The van der Waals surface area contributed by atoms with Crippen LogP contribution in [0.4, 0.5) is 10.5 Å². The van der Waals surface area contributed by atoms with Gasteiger partial charge >= 0.3 is 12.1 Å². The molecular weight excluding hydrogens is 694 g/mol. The number of nitrogens with one attached hydrogen (secondary N) is 1. The van der Waals surface area contributed by atoms with Gasteiger partial charge in [0.05, 0.1) is 16.1 Å². The summed E-state index contributed by atoms with van der Waals surface area (Å²) in [6.45, 7) is 10.0. The number of hydrogen-bond acceptors (Lipinski definition) is 9. The minimum Gasteiger partial charge on any atom is -0.460 e. The van der Waals surface area contributed by atoms with Crippen molar-refractivity contribution in [2.45, 2.75) is 82.9 Å². The predicted molar refractivity (Wildman–Crippen MR) is 181 cm³/mol. The maximum atomic E-state index is 13.5. The van der Waals surface area contributed by atoms with Gasteiger partial charge in [-0.15, -0.1) is 0 Å². The van der Waals surface area contributed by atoms with Crippen molar-refractivity contribution in [3.05, 3.63) is 52.6 Å². The molecule has 47 heavy (non-hydrogen) atoms. The fourth-order valence-corrected chi connectivity index (χ4v) is 5.10. The fraction of sp³-hybridized carbons (Fsp3) is 0.438. The second-order valence-corrected chi connectivity index (χ2v) is 14.3. The summed E-state index contributed by atoms with van der Waals surface area (Å²) in [4.78, 5) is 55.6. The Hall–Kier alpha value is -3.38. The van der Waals surface area contributed by atoms with Crippen LogP contribution in [0.25, 0.3) is 22.7 Å². The van der Waals surface area contributed by atoms with E-state index in [-0.39, 0.29) is 31.6 Å². The number of benzene rings is 1. The van der Waals surface area contributed by atoms with Crippen molar-refractivity contribution in [2.75, 3.05) is 11.4 Å². The minimum atomic E-state index is -1.45. The first-order chi connectivity index (χ1) is 21.8. The molecule has 0 aliphatic carbocycles. The molecular formula is C32H36Cl4N4O7. The Kier molecular flexibility index (Phi) is 13.1. The number of ether oxygens (including phenoxy) is 2. The molecule has 1 aromatic carbocycles. The van der Waals surface area contributed by atoms with E-state index in [0.717, 1.165) is 0 Å². The third-order valence-corrected chi connectivity index (χ3v) is 7.21. The molecule has 3 rings (SSSR count). The van der Waals surface area contributed by atoms with Crippen LogP contribution < -0.4 is 10.2 Å². The van der Waals surface area contributed by atoms with Crippen LogP contribution in [0.3, 0.4) is 0 Å². The van der Waals surface area contributed by atoms with Crippen LogP contribution in [0.5, 0.6) is 0 Å². The number of alkyl halides is 2. The third-order valence-electron chi connectivity index (χ3n) is 6.21. The van der Waals surface area contributed by atoms with E-state index in [9.17, 15) is 19.2 Å². The minimum absolute atomic E-state index is 0.0583. The highest BCUT2D eigenvalue weighted by atomic mass is 35.5. The van der Waals surface area contributed by atoms with Gasteiger partial charge in [-0.2, -0.15) is 0 Å². The van der Waals surface area contributed by atoms with E-state index in [0.29, 0.717) is 32.7 Å². The van der Waals surface area contributed by atoms with Crippen molar-refractivity contribution in [2.24, 2.45) is 0 Å². The number of anilines is 1. The SMILES string of the molecule is CC(C)(C)OC(=O)CCC(NC(=O)OC(C)(C)C)C(=O)CCN(C(=O)C(Cl)Cl)c1ccnc(-c2cc(-c3c(Cl)cccc3Cl)no2)c1. The molecule has 0 bridgehead atoms. The van der Waals surface area contributed by atoms with E-state index in [4.69, 9.17) is 60.4 Å². The Morgan fingerprint density at radius 1 is 0.915 bits per heavy atom. The zero-order valence-electron chi connectivity index (χ0n) is 26.7. The lowest BCUT2D eigenvalue weighted by atomic mass is 10.0. The molecule has 2 amide bonds. The van der Waals surface area contributed by atoms with Crippen molar-refractivity contribution in [1.82, 2.24) is 15.5 Å². The van der Waals surface area contributed by atoms with E-state index in [2.05, 4.69) is 15.5 Å². The number of pyridine rings is 1. The Balaban J connectivity index is 1.84. The van der Waals surface area contributed by atoms with Crippen LogP contribution in [0.2, 0.25) is 10.0 Å². The van der Waals surface area contributed by atoms with Gasteiger partial charge < -0.3 is 24.2 Å². The van der Waals surface area contributed by atoms with Gasteiger partial charge in [-0.05, 0) is 72.2 Å². The fourth-order valence-electron chi connectivity index (χ4n) is 4.28. The number of rotatable bonds is 12. The molecule has 3 aromatic rings. The standard InChI is InChI=1S/C32H36Cl4N4O7/c1-31(2,3)45-26(42)11-10-21(38-30(44)46-32(4,5)6)24(41)13-15-40(29(43)28(35)36)18-12-14-37-22(16-18)25-17-23(39-47-25)27-19(33)8-7-9-20(27)34/h7-9,12,14,16-17,21,28H,10-11,13,15H2,1-6H3,(H,38,44). The van der Waals surface area contributed by atoms with Crippen LogP contribution in [0.1, 0.15) is 60.8 Å². The molecule has 2 heterocycles. The van der Waals surface area contributed by atoms with Crippen molar-refractivity contribution >= 4 is 75.8 Å². The highest BCUT2D eigenvalue weighted by Crippen LogP contribution is 2.36. The van der Waals surface area contributed by atoms with E-state index >= 15 is 0 Å². The number of carbonyl (C=O) groups excluding carboxylic acids is 4. The second-order valence-electron chi connectivity index (χ2n) is 12.4. The van der Waals surface area contributed by atoms with Gasteiger partial charge in [0.15, 0.2) is 16.4 Å². The smallest absolute Gasteiger partial charge is 0.408 e. The number of ketones is 1. The largest absolute Gasteiger partial charge is 0.460 e. The summed E-state index contributed by atoms with van der Waals surface area (Å²) >= 11 is 24.6. The zero-order valence-corrected chi connectivity index (χ0v) is 29.8. The second kappa shape index (κ2) is 16.1. The summed E-state index contributed by atoms with van der Waals surface area (Å²) in [6, 6.07) is 8.59. The lowest BCUT2D eigenvalue weighted by Crippen LogP contribution is -2.45. The van der Waals surface area contributed by atoms with Gasteiger partial charge in [-0.3, -0.25) is 19.4 Å². The number of amides is 2. The number of nitrogens with zero attached hydrogens (tertiary/aromatic N) is 3. The first-order valence-corrected chi connectivity index (χ1v) is 16.2. The summed E-state index contributed by atoms with van der Waals surface area (Å²) in [6.07, 6.45) is 0.151. The van der Waals surface area contributed by atoms with Gasteiger partial charge in [-0.1, -0.05) is 57.6 Å². The highest BCUT2D eigenvalue weighted by Gasteiger charge is 2.29. The summed E-state index contributed by atoms with van der Waals surface area (Å²) in [5.41, 5.74) is -0.101. The molecule has 15 heteroatoms. The molecule has 11 nitrogen and oxygen atoms in total. The van der Waals surface area contributed by atoms with Gasteiger partial charge in [0, 0.05) is 42.9 Å². The molecule has 1 N–H and O–H groups in total. The van der Waals surface area contributed by atoms with E-state index in [1.165, 1.54) is 23.2 Å². The van der Waals surface area contributed by atoms with Crippen molar-refractivity contribution in [1.29, 1.82) is 0 Å². The van der Waals surface area contributed by atoms with E-state index in [1.54, 1.807) is 65.8 Å². The van der Waals surface area contributed by atoms with E-state index in [1.807, 2.05) is 0 Å². The Morgan fingerprint density at radius 3 is 2.15 bits per heavy atom. The van der Waals surface area contributed by atoms with Crippen LogP contribution in [0.15, 0.2) is 47.1 Å². The summed E-state index contributed by atoms with van der Waals surface area (Å²) in [7, 11) is 0. The number of alkyl carbamates (subject to hydrolysis) is 1. The van der Waals surface area contributed by atoms with E-state index < -0.39 is 45.8 Å². The Morgan fingerprint density at radius 2 is 1.55 bits per heavy atom. The zero-order chi connectivity index (χ0) is 35.1. The molecule has 0 saturated heterocycles. The highest BCUT2D eigenvalue weighted by molar-refractivity contribution is 6.54. The van der Waals surface area contributed by atoms with Crippen LogP contribution in [-0.4, -0.2) is 62.5 Å². The Labute approximate surface area is 293 Å². The number of aromatic nitrogens is 2. The summed E-state index contributed by atoms with van der Waals surface area (Å²) in [5.74, 6) is -1.46. The topological polar surface area (TPSA) is 141 Å². The van der Waals surface area contributed by atoms with Gasteiger partial charge in [0.2, 0.25) is 0 Å². The monoisotopic (exact) mass is 728 g/mol. The lowest BCUT2D eigenvalue weighted by Gasteiger charge is -2.26. The molecule has 0 fully saturated rings. The molecule has 1 unspecified atom stereocenters. The van der Waals surface area contributed by atoms with Crippen LogP contribution in [0, 0.1) is 0 Å². The average molecular weight is 730 g/mol. The predicted octanol–water partition coefficient (Wildman–Crippen LogP) is 7.82. The maximum Gasteiger partial charge on any atom is 0.408 e. The molecule has 0 aliphatic heterocycles. The van der Waals surface area contributed by atoms with Gasteiger partial charge in [0.1, 0.15) is 22.6 Å². The molecule has 0 saturated carbocycles. The lowest BCUT2D eigenvalue weighted by molar-refractivity contribution is -0.155. The average Bonchev–Trinajstić information content (AvgIpc) is 3.43. The molecule has 254 valence electrons. The van der Waals surface area contributed by atoms with Crippen molar-refractivity contribution in [3.63, 3.8) is 0 Å². The van der Waals surface area contributed by atoms with Gasteiger partial charge in [-0.25, -0.2) is 4.79 Å². The molecule has 1 atom stereocenters. The number of Topliss-reactive ketones (excluding diaryl/α,β-unsaturated/α-hetero) is 1. The number of halogens is 4. The molecule has 0 spiro atoms. The molecule has 0 radical (unpaired) electrons. The normalized spacial score (nSPS) is 12.4. The summed E-state index contributed by atoms with van der Waals surface area (Å²) in [5, 5.41) is 7.36. The van der Waals surface area contributed by atoms with Crippen LogP contribution >= 0.6 is 46.4 Å². The summed E-state index contributed by atoms with van der Waals surface area (Å²) < 4.78 is 16.2. The third kappa shape index (κ3) is 11.7. The van der Waals surface area contributed by atoms with Crippen LogP contribution in [-0.2, 0) is 23.9 Å². The number of carbonyl (C=O) groups is 4. The number of hydrogen-bond donors (Lipinski definition) is 1. The van der Waals surface area contributed by atoms with Crippen molar-refractivity contribution < 1.29 is 33.2 Å². The first-order valence-electron chi connectivity index (χ1n) is 14.6. The Bertz CT molecular complexity index is 1580. The van der Waals surface area contributed by atoms with Crippen molar-refractivity contribution in [3.8, 4) is 22.7 Å². The quantitative estimate of drug-likeness (QED) is 0.146. The first kappa shape index (κ1) is 38.1. The number of esters is 1. The maximum absolute atomic E-state index is 13.5.